The molecule has 1 atom stereocenters. The van der Waals surface area contributed by atoms with Crippen molar-refractivity contribution in [2.24, 2.45) is 0 Å². The standard InChI is InChI=1S/C16H21ClN2S2/c17-15-7-6-14(21-15)16(13-5-4-12-20-13)18-8-11-19-9-2-1-3-10-19/h4-7,12,16,18H,1-3,8-11H2. The molecular weight excluding hydrogens is 320 g/mol. The van der Waals surface area contributed by atoms with E-state index in [0.717, 1.165) is 17.4 Å². The summed E-state index contributed by atoms with van der Waals surface area (Å²) in [5.41, 5.74) is 0. The molecule has 1 aliphatic heterocycles. The minimum atomic E-state index is 0.285. The van der Waals surface area contributed by atoms with E-state index in [-0.39, 0.29) is 6.04 Å². The maximum atomic E-state index is 6.11. The van der Waals surface area contributed by atoms with Gasteiger partial charge in [-0.15, -0.1) is 22.7 Å². The van der Waals surface area contributed by atoms with Gasteiger partial charge in [-0.1, -0.05) is 24.1 Å². The lowest BCUT2D eigenvalue weighted by atomic mass is 10.1. The SMILES string of the molecule is Clc1ccc(C(NCCN2CCCCC2)c2cccs2)s1. The van der Waals surface area contributed by atoms with Gasteiger partial charge in [0, 0.05) is 22.8 Å². The van der Waals surface area contributed by atoms with Gasteiger partial charge in [-0.05, 0) is 49.5 Å². The number of nitrogens with one attached hydrogen (secondary N) is 1. The molecule has 1 fully saturated rings. The van der Waals surface area contributed by atoms with Gasteiger partial charge in [-0.2, -0.15) is 0 Å². The highest BCUT2D eigenvalue weighted by Crippen LogP contribution is 2.32. The highest BCUT2D eigenvalue weighted by Gasteiger charge is 2.17. The first kappa shape index (κ1) is 15.5. The van der Waals surface area contributed by atoms with Crippen molar-refractivity contribution in [1.82, 2.24) is 10.2 Å². The van der Waals surface area contributed by atoms with Crippen molar-refractivity contribution in [3.8, 4) is 0 Å². The topological polar surface area (TPSA) is 15.3 Å². The van der Waals surface area contributed by atoms with E-state index in [9.17, 15) is 0 Å². The molecule has 3 heterocycles. The number of likely N-dealkylation sites (tertiary alicyclic amines) is 1. The average molecular weight is 341 g/mol. The summed E-state index contributed by atoms with van der Waals surface area (Å²) in [6.45, 7) is 4.69. The Morgan fingerprint density at radius 3 is 2.67 bits per heavy atom. The second-order valence-electron chi connectivity index (χ2n) is 5.45. The number of piperidine rings is 1. The average Bonchev–Trinajstić information content (AvgIpc) is 3.16. The number of halogens is 1. The van der Waals surface area contributed by atoms with E-state index in [4.69, 9.17) is 11.6 Å². The van der Waals surface area contributed by atoms with Crippen LogP contribution in [-0.4, -0.2) is 31.1 Å². The van der Waals surface area contributed by atoms with Crippen LogP contribution in [0.4, 0.5) is 0 Å². The lowest BCUT2D eigenvalue weighted by molar-refractivity contribution is 0.227. The molecular formula is C16H21ClN2S2. The Hall–Kier alpha value is -0.390. The third-order valence-electron chi connectivity index (χ3n) is 3.93. The zero-order valence-corrected chi connectivity index (χ0v) is 14.4. The largest absolute Gasteiger partial charge is 0.304 e. The normalized spacial score (nSPS) is 18.0. The van der Waals surface area contributed by atoms with Crippen LogP contribution in [0.15, 0.2) is 29.6 Å². The zero-order chi connectivity index (χ0) is 14.5. The second kappa shape index (κ2) is 7.75. The predicted molar refractivity (Wildman–Crippen MR) is 93.8 cm³/mol. The number of hydrogen-bond acceptors (Lipinski definition) is 4. The fourth-order valence-corrected chi connectivity index (χ4v) is 4.88. The summed E-state index contributed by atoms with van der Waals surface area (Å²) in [7, 11) is 0. The van der Waals surface area contributed by atoms with Crippen molar-refractivity contribution in [1.29, 1.82) is 0 Å². The smallest absolute Gasteiger partial charge is 0.0931 e. The van der Waals surface area contributed by atoms with Crippen LogP contribution in [0.1, 0.15) is 35.1 Å². The highest BCUT2D eigenvalue weighted by atomic mass is 35.5. The van der Waals surface area contributed by atoms with Crippen LogP contribution in [0.2, 0.25) is 4.34 Å². The van der Waals surface area contributed by atoms with Gasteiger partial charge >= 0.3 is 0 Å². The second-order valence-corrected chi connectivity index (χ2v) is 8.17. The summed E-state index contributed by atoms with van der Waals surface area (Å²) in [6.07, 6.45) is 4.11. The molecule has 0 bridgehead atoms. The minimum Gasteiger partial charge on any atom is -0.304 e. The van der Waals surface area contributed by atoms with Crippen LogP contribution in [0, 0.1) is 0 Å². The molecule has 1 N–H and O–H groups in total. The summed E-state index contributed by atoms with van der Waals surface area (Å²) >= 11 is 9.59. The summed E-state index contributed by atoms with van der Waals surface area (Å²) in [4.78, 5) is 5.25. The Labute approximate surface area is 139 Å². The van der Waals surface area contributed by atoms with Crippen molar-refractivity contribution in [2.75, 3.05) is 26.2 Å². The quantitative estimate of drug-likeness (QED) is 0.824. The van der Waals surface area contributed by atoms with Crippen LogP contribution in [0.3, 0.4) is 0 Å². The molecule has 0 amide bonds. The van der Waals surface area contributed by atoms with Crippen molar-refractivity contribution < 1.29 is 0 Å². The molecule has 0 radical (unpaired) electrons. The van der Waals surface area contributed by atoms with Crippen molar-refractivity contribution in [3.05, 3.63) is 43.7 Å². The monoisotopic (exact) mass is 340 g/mol. The third-order valence-corrected chi connectivity index (χ3v) is 6.16. The molecule has 114 valence electrons. The summed E-state index contributed by atoms with van der Waals surface area (Å²) in [5, 5.41) is 5.86. The lowest BCUT2D eigenvalue weighted by Gasteiger charge is -2.27. The molecule has 2 nitrogen and oxygen atoms in total. The van der Waals surface area contributed by atoms with Gasteiger partial charge in [-0.25, -0.2) is 0 Å². The number of rotatable bonds is 6. The summed E-state index contributed by atoms with van der Waals surface area (Å²) in [5.74, 6) is 0. The molecule has 21 heavy (non-hydrogen) atoms. The van der Waals surface area contributed by atoms with Crippen molar-refractivity contribution in [2.45, 2.75) is 25.3 Å². The predicted octanol–water partition coefficient (Wildman–Crippen LogP) is 4.63. The maximum Gasteiger partial charge on any atom is 0.0931 e. The van der Waals surface area contributed by atoms with E-state index in [2.05, 4.69) is 33.8 Å². The van der Waals surface area contributed by atoms with Gasteiger partial charge in [0.15, 0.2) is 0 Å². The van der Waals surface area contributed by atoms with Crippen LogP contribution in [0.25, 0.3) is 0 Å². The Balaban J connectivity index is 1.60. The van der Waals surface area contributed by atoms with Crippen LogP contribution < -0.4 is 5.32 Å². The first-order valence-electron chi connectivity index (χ1n) is 7.57. The van der Waals surface area contributed by atoms with Crippen molar-refractivity contribution in [3.63, 3.8) is 0 Å². The van der Waals surface area contributed by atoms with Gasteiger partial charge < -0.3 is 10.2 Å². The zero-order valence-electron chi connectivity index (χ0n) is 12.1. The molecule has 1 saturated heterocycles. The molecule has 5 heteroatoms. The van der Waals surface area contributed by atoms with E-state index in [0.29, 0.717) is 0 Å². The Morgan fingerprint density at radius 1 is 1.14 bits per heavy atom. The third kappa shape index (κ3) is 4.30. The summed E-state index contributed by atoms with van der Waals surface area (Å²) in [6, 6.07) is 8.75. The van der Waals surface area contributed by atoms with Crippen LogP contribution >= 0.6 is 34.3 Å². The van der Waals surface area contributed by atoms with Crippen molar-refractivity contribution >= 4 is 34.3 Å². The molecule has 0 spiro atoms. The minimum absolute atomic E-state index is 0.285. The first-order valence-corrected chi connectivity index (χ1v) is 9.65. The van der Waals surface area contributed by atoms with E-state index < -0.39 is 0 Å². The van der Waals surface area contributed by atoms with E-state index in [1.807, 2.05) is 17.4 Å². The molecule has 2 aromatic heterocycles. The fraction of sp³-hybridized carbons (Fsp3) is 0.500. The van der Waals surface area contributed by atoms with Gasteiger partial charge in [-0.3, -0.25) is 0 Å². The summed E-state index contributed by atoms with van der Waals surface area (Å²) < 4.78 is 0.865. The molecule has 0 aromatic carbocycles. The van der Waals surface area contributed by atoms with Crippen LogP contribution in [0.5, 0.6) is 0 Å². The molecule has 2 aromatic rings. The fourth-order valence-electron chi connectivity index (χ4n) is 2.83. The number of thiophene rings is 2. The van der Waals surface area contributed by atoms with E-state index in [1.54, 1.807) is 11.3 Å². The van der Waals surface area contributed by atoms with Gasteiger partial charge in [0.1, 0.15) is 0 Å². The Bertz CT molecular complexity index is 532. The highest BCUT2D eigenvalue weighted by molar-refractivity contribution is 7.16. The van der Waals surface area contributed by atoms with Gasteiger partial charge in [0.2, 0.25) is 0 Å². The molecule has 0 aliphatic carbocycles. The van der Waals surface area contributed by atoms with Gasteiger partial charge in [0.25, 0.3) is 0 Å². The number of hydrogen-bond donors (Lipinski definition) is 1. The molecule has 0 saturated carbocycles. The van der Waals surface area contributed by atoms with Gasteiger partial charge in [0.05, 0.1) is 10.4 Å². The lowest BCUT2D eigenvalue weighted by Crippen LogP contribution is -2.36. The Morgan fingerprint density at radius 2 is 2.00 bits per heavy atom. The molecule has 1 unspecified atom stereocenters. The number of nitrogens with zero attached hydrogens (tertiary/aromatic N) is 1. The molecule has 1 aliphatic rings. The van der Waals surface area contributed by atoms with E-state index in [1.165, 1.54) is 42.1 Å². The molecule has 3 rings (SSSR count). The Kier molecular flexibility index (Phi) is 5.72. The van der Waals surface area contributed by atoms with E-state index >= 15 is 0 Å². The maximum absolute atomic E-state index is 6.11. The van der Waals surface area contributed by atoms with Crippen LogP contribution in [-0.2, 0) is 0 Å². The first-order chi connectivity index (χ1) is 10.3.